The molecule has 6 nitrogen and oxygen atoms in total. The lowest BCUT2D eigenvalue weighted by molar-refractivity contribution is -0.115. The van der Waals surface area contributed by atoms with E-state index in [1.807, 2.05) is 0 Å². The van der Waals surface area contributed by atoms with Crippen LogP contribution in [0.3, 0.4) is 0 Å². The Bertz CT molecular complexity index is 664. The van der Waals surface area contributed by atoms with Gasteiger partial charge in [0.2, 0.25) is 10.0 Å². The summed E-state index contributed by atoms with van der Waals surface area (Å²) >= 11 is 0.763. The van der Waals surface area contributed by atoms with Crippen LogP contribution in [0.4, 0.5) is 4.79 Å². The number of primary sulfonamides is 1. The quantitative estimate of drug-likeness (QED) is 0.776. The maximum atomic E-state index is 11.3. The lowest BCUT2D eigenvalue weighted by Crippen LogP contribution is -2.17. The van der Waals surface area contributed by atoms with Crippen molar-refractivity contribution >= 4 is 39.0 Å². The van der Waals surface area contributed by atoms with Gasteiger partial charge in [-0.05, 0) is 35.5 Å². The third-order valence-corrected chi connectivity index (χ3v) is 3.85. The number of amides is 2. The average molecular weight is 284 g/mol. The predicted molar refractivity (Wildman–Crippen MR) is 66.9 cm³/mol. The molecule has 8 heteroatoms. The predicted octanol–water partition coefficient (Wildman–Crippen LogP) is 0.658. The van der Waals surface area contributed by atoms with Gasteiger partial charge in [-0.1, -0.05) is 12.1 Å². The summed E-state index contributed by atoms with van der Waals surface area (Å²) in [5.74, 6) is -0.494. The SMILES string of the molecule is NS(=O)(=O)c1cccc(/C=C2\SC(=O)NC2=O)c1. The summed E-state index contributed by atoms with van der Waals surface area (Å²) < 4.78 is 22.3. The number of imide groups is 1. The van der Waals surface area contributed by atoms with Crippen molar-refractivity contribution in [1.82, 2.24) is 5.32 Å². The zero-order chi connectivity index (χ0) is 13.3. The molecule has 2 amide bonds. The van der Waals surface area contributed by atoms with Gasteiger partial charge in [-0.2, -0.15) is 0 Å². The van der Waals surface area contributed by atoms with E-state index < -0.39 is 21.2 Å². The fraction of sp³-hybridized carbons (Fsp3) is 0. The van der Waals surface area contributed by atoms with Crippen molar-refractivity contribution in [2.45, 2.75) is 4.90 Å². The Balaban J connectivity index is 2.39. The van der Waals surface area contributed by atoms with Gasteiger partial charge in [0.25, 0.3) is 11.1 Å². The van der Waals surface area contributed by atoms with Gasteiger partial charge >= 0.3 is 0 Å². The molecule has 1 aliphatic heterocycles. The van der Waals surface area contributed by atoms with Crippen molar-refractivity contribution in [1.29, 1.82) is 0 Å². The molecule has 0 bridgehead atoms. The zero-order valence-corrected chi connectivity index (χ0v) is 10.5. The summed E-state index contributed by atoms with van der Waals surface area (Å²) in [6.45, 7) is 0. The first-order valence-electron chi connectivity index (χ1n) is 4.74. The Morgan fingerprint density at radius 3 is 2.56 bits per heavy atom. The van der Waals surface area contributed by atoms with Crippen LogP contribution >= 0.6 is 11.8 Å². The van der Waals surface area contributed by atoms with Gasteiger partial charge < -0.3 is 0 Å². The second kappa shape index (κ2) is 4.56. The van der Waals surface area contributed by atoms with Gasteiger partial charge in [-0.3, -0.25) is 14.9 Å². The van der Waals surface area contributed by atoms with Crippen LogP contribution in [0.5, 0.6) is 0 Å². The molecule has 1 heterocycles. The van der Waals surface area contributed by atoms with Crippen LogP contribution in [0.15, 0.2) is 34.1 Å². The van der Waals surface area contributed by atoms with Crippen molar-refractivity contribution in [2.75, 3.05) is 0 Å². The van der Waals surface area contributed by atoms with Crippen LogP contribution in [-0.4, -0.2) is 19.6 Å². The summed E-state index contributed by atoms with van der Waals surface area (Å²) in [4.78, 5) is 22.4. The fourth-order valence-corrected chi connectivity index (χ4v) is 2.60. The van der Waals surface area contributed by atoms with E-state index in [4.69, 9.17) is 5.14 Å². The molecule has 0 saturated carbocycles. The minimum atomic E-state index is -3.79. The summed E-state index contributed by atoms with van der Waals surface area (Å²) in [5, 5.41) is 6.65. The maximum absolute atomic E-state index is 11.3. The number of thioether (sulfide) groups is 1. The number of rotatable bonds is 2. The zero-order valence-electron chi connectivity index (χ0n) is 8.91. The van der Waals surface area contributed by atoms with Crippen molar-refractivity contribution in [3.8, 4) is 0 Å². The summed E-state index contributed by atoms with van der Waals surface area (Å²) in [7, 11) is -3.79. The van der Waals surface area contributed by atoms with Crippen LogP contribution in [0.2, 0.25) is 0 Å². The number of carbonyl (C=O) groups is 2. The minimum absolute atomic E-state index is 0.0495. The van der Waals surface area contributed by atoms with Gasteiger partial charge in [-0.25, -0.2) is 13.6 Å². The van der Waals surface area contributed by atoms with Crippen molar-refractivity contribution in [3.63, 3.8) is 0 Å². The highest BCUT2D eigenvalue weighted by Gasteiger charge is 2.24. The smallest absolute Gasteiger partial charge is 0.282 e. The molecule has 0 radical (unpaired) electrons. The molecule has 3 N–H and O–H groups in total. The van der Waals surface area contributed by atoms with Crippen LogP contribution < -0.4 is 10.5 Å². The summed E-state index contributed by atoms with van der Waals surface area (Å²) in [6, 6.07) is 5.80. The topological polar surface area (TPSA) is 106 Å². The molecule has 1 aliphatic rings. The Labute approximate surface area is 107 Å². The van der Waals surface area contributed by atoms with Crippen LogP contribution in [-0.2, 0) is 14.8 Å². The molecule has 0 aliphatic carbocycles. The molecular weight excluding hydrogens is 276 g/mol. The molecule has 94 valence electrons. The van der Waals surface area contributed by atoms with E-state index in [2.05, 4.69) is 5.32 Å². The van der Waals surface area contributed by atoms with E-state index in [1.54, 1.807) is 6.07 Å². The Kier molecular flexibility index (Phi) is 3.24. The number of benzene rings is 1. The molecule has 0 atom stereocenters. The van der Waals surface area contributed by atoms with Crippen LogP contribution in [0.25, 0.3) is 6.08 Å². The highest BCUT2D eigenvalue weighted by Crippen LogP contribution is 2.25. The molecule has 18 heavy (non-hydrogen) atoms. The summed E-state index contributed by atoms with van der Waals surface area (Å²) in [6.07, 6.45) is 1.43. The van der Waals surface area contributed by atoms with E-state index in [0.29, 0.717) is 5.56 Å². The molecule has 1 aromatic carbocycles. The number of nitrogens with one attached hydrogen (secondary N) is 1. The Morgan fingerprint density at radius 1 is 1.28 bits per heavy atom. The highest BCUT2D eigenvalue weighted by molar-refractivity contribution is 8.18. The van der Waals surface area contributed by atoms with Gasteiger partial charge in [-0.15, -0.1) is 0 Å². The number of carbonyl (C=O) groups excluding carboxylic acids is 2. The highest BCUT2D eigenvalue weighted by atomic mass is 32.2. The van der Waals surface area contributed by atoms with Gasteiger partial charge in [0, 0.05) is 0 Å². The van der Waals surface area contributed by atoms with Gasteiger partial charge in [0.05, 0.1) is 9.80 Å². The first-order valence-corrected chi connectivity index (χ1v) is 7.10. The first-order chi connectivity index (χ1) is 8.36. The molecule has 0 spiro atoms. The van der Waals surface area contributed by atoms with Crippen molar-refractivity contribution in [3.05, 3.63) is 34.7 Å². The molecule has 2 rings (SSSR count). The summed E-state index contributed by atoms with van der Waals surface area (Å²) in [5.41, 5.74) is 0.480. The Morgan fingerprint density at radius 2 is 2.00 bits per heavy atom. The van der Waals surface area contributed by atoms with E-state index in [-0.39, 0.29) is 9.80 Å². The largest absolute Gasteiger partial charge is 0.290 e. The van der Waals surface area contributed by atoms with E-state index in [9.17, 15) is 18.0 Å². The van der Waals surface area contributed by atoms with E-state index in [1.165, 1.54) is 24.3 Å². The van der Waals surface area contributed by atoms with E-state index >= 15 is 0 Å². The monoisotopic (exact) mass is 284 g/mol. The van der Waals surface area contributed by atoms with Crippen LogP contribution in [0, 0.1) is 0 Å². The molecule has 0 unspecified atom stereocenters. The lowest BCUT2D eigenvalue weighted by Gasteiger charge is -2.00. The number of sulfonamides is 1. The first kappa shape index (κ1) is 12.8. The second-order valence-electron chi connectivity index (χ2n) is 3.47. The standard InChI is InChI=1S/C10H8N2O4S2/c11-18(15,16)7-3-1-2-6(4-7)5-8-9(13)12-10(14)17-8/h1-5H,(H2,11,15,16)(H,12,13,14)/b8-5-. The lowest BCUT2D eigenvalue weighted by atomic mass is 10.2. The van der Waals surface area contributed by atoms with E-state index in [0.717, 1.165) is 11.8 Å². The molecule has 0 aromatic heterocycles. The van der Waals surface area contributed by atoms with Crippen molar-refractivity contribution in [2.24, 2.45) is 5.14 Å². The Hall–Kier alpha value is -1.64. The van der Waals surface area contributed by atoms with Crippen molar-refractivity contribution < 1.29 is 18.0 Å². The molecule has 1 aromatic rings. The molecule has 1 fully saturated rings. The molecular formula is C10H8N2O4S2. The second-order valence-corrected chi connectivity index (χ2v) is 6.05. The normalized spacial score (nSPS) is 18.2. The van der Waals surface area contributed by atoms with Crippen LogP contribution in [0.1, 0.15) is 5.56 Å². The fourth-order valence-electron chi connectivity index (χ4n) is 1.35. The number of hydrogen-bond acceptors (Lipinski definition) is 5. The van der Waals surface area contributed by atoms with Gasteiger partial charge in [0.1, 0.15) is 0 Å². The number of nitrogens with two attached hydrogens (primary N) is 1. The number of hydrogen-bond donors (Lipinski definition) is 2. The third-order valence-electron chi connectivity index (χ3n) is 2.13. The average Bonchev–Trinajstić information content (AvgIpc) is 2.56. The third kappa shape index (κ3) is 2.78. The minimum Gasteiger partial charge on any atom is -0.282 e. The van der Waals surface area contributed by atoms with Gasteiger partial charge in [0.15, 0.2) is 0 Å². The maximum Gasteiger partial charge on any atom is 0.290 e. The molecule has 1 saturated heterocycles.